The van der Waals surface area contributed by atoms with E-state index in [4.69, 9.17) is 16.3 Å². The maximum Gasteiger partial charge on any atom is 0.232 e. The molecule has 1 aromatic heterocycles. The Morgan fingerprint density at radius 3 is 2.65 bits per heavy atom. The first-order valence-electron chi connectivity index (χ1n) is 6.05. The van der Waals surface area contributed by atoms with E-state index in [2.05, 4.69) is 31.2 Å². The Morgan fingerprint density at radius 1 is 1.35 bits per heavy atom. The lowest BCUT2D eigenvalue weighted by molar-refractivity contribution is 0.394. The second-order valence-corrected chi connectivity index (χ2v) is 5.63. The molecule has 0 radical (unpaired) electrons. The lowest BCUT2D eigenvalue weighted by atomic mass is 9.94. The van der Waals surface area contributed by atoms with Gasteiger partial charge >= 0.3 is 0 Å². The van der Waals surface area contributed by atoms with Gasteiger partial charge in [0, 0.05) is 5.88 Å². The zero-order chi connectivity index (χ0) is 14.6. The van der Waals surface area contributed by atoms with Crippen molar-refractivity contribution in [3.05, 3.63) is 46.6 Å². The molecule has 0 fully saturated rings. The average Bonchev–Trinajstić information content (AvgIpc) is 2.50. The van der Waals surface area contributed by atoms with Crippen LogP contribution in [-0.4, -0.2) is 23.0 Å². The smallest absolute Gasteiger partial charge is 0.232 e. The average molecular weight is 357 g/mol. The van der Waals surface area contributed by atoms with Gasteiger partial charge in [0.1, 0.15) is 0 Å². The van der Waals surface area contributed by atoms with Crippen LogP contribution in [0.25, 0.3) is 0 Å². The predicted molar refractivity (Wildman–Crippen MR) is 84.4 cm³/mol. The van der Waals surface area contributed by atoms with E-state index in [1.54, 1.807) is 13.3 Å². The first kappa shape index (κ1) is 15.1. The van der Waals surface area contributed by atoms with Gasteiger partial charge in [-0.2, -0.15) is 4.98 Å². The van der Waals surface area contributed by atoms with Crippen LogP contribution in [0.15, 0.2) is 41.0 Å². The molecular weight excluding hydrogens is 342 g/mol. The van der Waals surface area contributed by atoms with E-state index in [0.717, 1.165) is 5.56 Å². The van der Waals surface area contributed by atoms with Gasteiger partial charge in [0.25, 0.3) is 0 Å². The maximum atomic E-state index is 6.14. The standard InChI is InChI=1S/C14H15BrClN3O/c1-14(9-16,10-6-4-3-5-7-10)19-13-17-8-11(15)12(18-13)20-2/h3-8H,9H2,1-2H3,(H,17,18,19). The molecule has 1 N–H and O–H groups in total. The Hall–Kier alpha value is -1.33. The highest BCUT2D eigenvalue weighted by Crippen LogP contribution is 2.28. The molecule has 0 spiro atoms. The van der Waals surface area contributed by atoms with Crippen molar-refractivity contribution in [3.8, 4) is 5.88 Å². The molecule has 1 unspecified atom stereocenters. The summed E-state index contributed by atoms with van der Waals surface area (Å²) in [5.74, 6) is 1.34. The topological polar surface area (TPSA) is 47.0 Å². The molecule has 0 aliphatic heterocycles. The zero-order valence-corrected chi connectivity index (χ0v) is 13.6. The molecule has 106 valence electrons. The molecule has 1 atom stereocenters. The van der Waals surface area contributed by atoms with Crippen molar-refractivity contribution in [2.24, 2.45) is 0 Å². The summed E-state index contributed by atoms with van der Waals surface area (Å²) in [5, 5.41) is 3.27. The minimum Gasteiger partial charge on any atom is -0.480 e. The zero-order valence-electron chi connectivity index (χ0n) is 11.2. The number of alkyl halides is 1. The Bertz CT molecular complexity index is 582. The van der Waals surface area contributed by atoms with Crippen LogP contribution in [0.2, 0.25) is 0 Å². The molecular formula is C14H15BrClN3O. The number of nitrogens with zero attached hydrogens (tertiary/aromatic N) is 2. The Morgan fingerprint density at radius 2 is 2.05 bits per heavy atom. The summed E-state index contributed by atoms with van der Waals surface area (Å²) >= 11 is 9.47. The van der Waals surface area contributed by atoms with Gasteiger partial charge in [-0.15, -0.1) is 11.6 Å². The van der Waals surface area contributed by atoms with Crippen molar-refractivity contribution in [2.75, 3.05) is 18.3 Å². The molecule has 0 saturated heterocycles. The molecule has 20 heavy (non-hydrogen) atoms. The number of halogens is 2. The van der Waals surface area contributed by atoms with E-state index >= 15 is 0 Å². The summed E-state index contributed by atoms with van der Waals surface area (Å²) < 4.78 is 5.87. The van der Waals surface area contributed by atoms with Gasteiger partial charge in [-0.05, 0) is 28.4 Å². The molecule has 0 amide bonds. The molecule has 0 saturated carbocycles. The quantitative estimate of drug-likeness (QED) is 0.828. The highest BCUT2D eigenvalue weighted by molar-refractivity contribution is 9.10. The molecule has 1 heterocycles. The highest BCUT2D eigenvalue weighted by atomic mass is 79.9. The van der Waals surface area contributed by atoms with Crippen LogP contribution in [0, 0.1) is 0 Å². The van der Waals surface area contributed by atoms with Gasteiger partial charge in [-0.3, -0.25) is 0 Å². The Kier molecular flexibility index (Phi) is 4.83. The second kappa shape index (κ2) is 6.41. The van der Waals surface area contributed by atoms with Crippen molar-refractivity contribution in [1.29, 1.82) is 0 Å². The lowest BCUT2D eigenvalue weighted by Gasteiger charge is -2.29. The number of ether oxygens (including phenoxy) is 1. The summed E-state index contributed by atoms with van der Waals surface area (Å²) in [4.78, 5) is 8.54. The molecule has 0 bridgehead atoms. The monoisotopic (exact) mass is 355 g/mol. The fourth-order valence-electron chi connectivity index (χ4n) is 1.79. The van der Waals surface area contributed by atoms with Crippen molar-refractivity contribution in [3.63, 3.8) is 0 Å². The van der Waals surface area contributed by atoms with E-state index in [1.807, 2.05) is 37.3 Å². The molecule has 1 aromatic carbocycles. The normalized spacial score (nSPS) is 13.6. The van der Waals surface area contributed by atoms with E-state index in [0.29, 0.717) is 22.2 Å². The van der Waals surface area contributed by atoms with Crippen LogP contribution in [0.1, 0.15) is 12.5 Å². The van der Waals surface area contributed by atoms with Gasteiger partial charge in [-0.1, -0.05) is 30.3 Å². The van der Waals surface area contributed by atoms with Gasteiger partial charge < -0.3 is 10.1 Å². The third-order valence-corrected chi connectivity index (χ3v) is 4.05. The molecule has 0 aliphatic rings. The molecule has 0 aliphatic carbocycles. The van der Waals surface area contributed by atoms with Gasteiger partial charge in [-0.25, -0.2) is 4.98 Å². The minimum atomic E-state index is -0.457. The lowest BCUT2D eigenvalue weighted by Crippen LogP contribution is -2.34. The van der Waals surface area contributed by atoms with E-state index in [1.165, 1.54) is 0 Å². The van der Waals surface area contributed by atoms with Crippen molar-refractivity contribution < 1.29 is 4.74 Å². The number of aromatic nitrogens is 2. The van der Waals surface area contributed by atoms with Crippen molar-refractivity contribution in [2.45, 2.75) is 12.5 Å². The van der Waals surface area contributed by atoms with Gasteiger partial charge in [0.2, 0.25) is 11.8 Å². The number of benzene rings is 1. The van der Waals surface area contributed by atoms with Crippen LogP contribution >= 0.6 is 27.5 Å². The third kappa shape index (κ3) is 3.22. The van der Waals surface area contributed by atoms with E-state index in [-0.39, 0.29) is 0 Å². The van der Waals surface area contributed by atoms with E-state index < -0.39 is 5.54 Å². The minimum absolute atomic E-state index is 0.388. The number of rotatable bonds is 5. The van der Waals surface area contributed by atoms with Gasteiger partial charge in [0.05, 0.1) is 23.3 Å². The first-order valence-corrected chi connectivity index (χ1v) is 7.38. The number of hydrogen-bond donors (Lipinski definition) is 1. The van der Waals surface area contributed by atoms with Gasteiger partial charge in [0.15, 0.2) is 0 Å². The summed E-state index contributed by atoms with van der Waals surface area (Å²) in [5.41, 5.74) is 0.613. The van der Waals surface area contributed by atoms with Crippen LogP contribution in [0.5, 0.6) is 5.88 Å². The fourth-order valence-corrected chi connectivity index (χ4v) is 2.36. The fraction of sp³-hybridized carbons (Fsp3) is 0.286. The van der Waals surface area contributed by atoms with E-state index in [9.17, 15) is 0 Å². The summed E-state index contributed by atoms with van der Waals surface area (Å²) in [6.07, 6.45) is 1.65. The second-order valence-electron chi connectivity index (χ2n) is 4.51. The molecule has 2 rings (SSSR count). The van der Waals surface area contributed by atoms with Crippen molar-refractivity contribution in [1.82, 2.24) is 9.97 Å². The molecule has 4 nitrogen and oxygen atoms in total. The Balaban J connectivity index is 2.31. The largest absolute Gasteiger partial charge is 0.480 e. The number of nitrogens with one attached hydrogen (secondary N) is 1. The van der Waals surface area contributed by atoms with Crippen LogP contribution in [0.4, 0.5) is 5.95 Å². The number of methoxy groups -OCH3 is 1. The third-order valence-electron chi connectivity index (χ3n) is 2.97. The number of anilines is 1. The number of hydrogen-bond acceptors (Lipinski definition) is 4. The summed E-state index contributed by atoms with van der Waals surface area (Å²) in [6, 6.07) is 9.96. The SMILES string of the molecule is COc1nc(NC(C)(CCl)c2ccccc2)ncc1Br. The molecule has 6 heteroatoms. The first-order chi connectivity index (χ1) is 9.59. The molecule has 2 aromatic rings. The Labute approximate surface area is 131 Å². The van der Waals surface area contributed by atoms with Crippen LogP contribution < -0.4 is 10.1 Å². The highest BCUT2D eigenvalue weighted by Gasteiger charge is 2.26. The van der Waals surface area contributed by atoms with Crippen LogP contribution in [-0.2, 0) is 5.54 Å². The maximum absolute atomic E-state index is 6.14. The predicted octanol–water partition coefficient (Wildman–Crippen LogP) is 3.81. The summed E-state index contributed by atoms with van der Waals surface area (Å²) in [6.45, 7) is 2.01. The van der Waals surface area contributed by atoms with Crippen LogP contribution in [0.3, 0.4) is 0 Å². The summed E-state index contributed by atoms with van der Waals surface area (Å²) in [7, 11) is 1.56. The van der Waals surface area contributed by atoms with Crippen molar-refractivity contribution >= 4 is 33.5 Å².